The summed E-state index contributed by atoms with van der Waals surface area (Å²) in [4.78, 5) is 31.4. The van der Waals surface area contributed by atoms with Crippen LogP contribution in [0.5, 0.6) is 0 Å². The third-order valence-electron chi connectivity index (χ3n) is 2.52. The Hall–Kier alpha value is -1.46. The Bertz CT molecular complexity index is 275. The second-order valence-electron chi connectivity index (χ2n) is 3.48. The van der Waals surface area contributed by atoms with Gasteiger partial charge in [-0.1, -0.05) is 0 Å². The summed E-state index contributed by atoms with van der Waals surface area (Å²) in [5.41, 5.74) is 0. The van der Waals surface area contributed by atoms with Crippen molar-refractivity contribution in [3.8, 4) is 0 Å². The zero-order valence-electron chi connectivity index (χ0n) is 7.51. The van der Waals surface area contributed by atoms with E-state index in [2.05, 4.69) is 0 Å². The van der Waals surface area contributed by atoms with Crippen LogP contribution in [-0.4, -0.2) is 28.3 Å². The summed E-state index contributed by atoms with van der Waals surface area (Å²) >= 11 is 0. The number of hydrogen-bond acceptors (Lipinski definition) is 4. The van der Waals surface area contributed by atoms with Crippen LogP contribution >= 0.6 is 0 Å². The fourth-order valence-electron chi connectivity index (χ4n) is 1.86. The third-order valence-corrected chi connectivity index (χ3v) is 2.52. The van der Waals surface area contributed by atoms with Gasteiger partial charge in [0, 0.05) is 23.2 Å². The molecular weight excluding hydrogens is 190 g/mol. The highest BCUT2D eigenvalue weighted by Crippen LogP contribution is 2.31. The molecule has 1 rings (SSSR count). The highest BCUT2D eigenvalue weighted by Gasteiger charge is 2.38. The van der Waals surface area contributed by atoms with E-state index in [1.54, 1.807) is 0 Å². The maximum absolute atomic E-state index is 11.2. The van der Waals surface area contributed by atoms with Crippen LogP contribution in [0.2, 0.25) is 0 Å². The van der Waals surface area contributed by atoms with E-state index in [0.29, 0.717) is 6.42 Å². The molecule has 6 nitrogen and oxygen atoms in total. The minimum Gasteiger partial charge on any atom is -0.481 e. The molecule has 0 aromatic rings. The standard InChI is InChI=1S/C8H11NO5/c10-7-2-1-5(4-9(13)14)6(7)3-8(11)12/h5-6H,1-4H2,(H,11,12). The first-order valence-electron chi connectivity index (χ1n) is 4.37. The number of ketones is 1. The van der Waals surface area contributed by atoms with Crippen molar-refractivity contribution in [1.82, 2.24) is 0 Å². The lowest BCUT2D eigenvalue weighted by atomic mass is 9.92. The minimum absolute atomic E-state index is 0.153. The van der Waals surface area contributed by atoms with E-state index in [1.807, 2.05) is 0 Å². The Kier molecular flexibility index (Phi) is 3.16. The molecule has 1 saturated carbocycles. The Morgan fingerprint density at radius 3 is 2.79 bits per heavy atom. The quantitative estimate of drug-likeness (QED) is 0.522. The summed E-state index contributed by atoms with van der Waals surface area (Å²) in [6, 6.07) is 0. The Labute approximate surface area is 80.1 Å². The zero-order valence-corrected chi connectivity index (χ0v) is 7.51. The van der Waals surface area contributed by atoms with Gasteiger partial charge in [-0.3, -0.25) is 19.7 Å². The largest absolute Gasteiger partial charge is 0.481 e. The van der Waals surface area contributed by atoms with Crippen LogP contribution in [-0.2, 0) is 9.59 Å². The van der Waals surface area contributed by atoms with E-state index in [0.717, 1.165) is 0 Å². The van der Waals surface area contributed by atoms with Crippen molar-refractivity contribution < 1.29 is 19.6 Å². The van der Waals surface area contributed by atoms with Crippen LogP contribution in [0.3, 0.4) is 0 Å². The molecule has 0 spiro atoms. The van der Waals surface area contributed by atoms with Crippen LogP contribution in [0.1, 0.15) is 19.3 Å². The Morgan fingerprint density at radius 2 is 2.29 bits per heavy atom. The summed E-state index contributed by atoms with van der Waals surface area (Å²) in [6.07, 6.45) is 0.436. The first-order valence-corrected chi connectivity index (χ1v) is 4.37. The molecule has 0 radical (unpaired) electrons. The lowest BCUT2D eigenvalue weighted by Crippen LogP contribution is -2.24. The van der Waals surface area contributed by atoms with Crippen molar-refractivity contribution in [3.63, 3.8) is 0 Å². The number of carbonyl (C=O) groups is 2. The predicted molar refractivity (Wildman–Crippen MR) is 45.3 cm³/mol. The third kappa shape index (κ3) is 2.51. The maximum Gasteiger partial charge on any atom is 0.304 e. The van der Waals surface area contributed by atoms with Gasteiger partial charge in [-0.05, 0) is 6.42 Å². The Balaban J connectivity index is 2.61. The van der Waals surface area contributed by atoms with Crippen LogP contribution in [0.4, 0.5) is 0 Å². The van der Waals surface area contributed by atoms with E-state index >= 15 is 0 Å². The molecule has 0 aromatic heterocycles. The van der Waals surface area contributed by atoms with E-state index in [4.69, 9.17) is 5.11 Å². The second kappa shape index (κ2) is 4.17. The molecule has 1 aliphatic carbocycles. The van der Waals surface area contributed by atoms with Crippen molar-refractivity contribution in [2.75, 3.05) is 6.54 Å². The molecule has 0 aromatic carbocycles. The number of Topliss-reactive ketones (excluding diaryl/α,β-unsaturated/α-hetero) is 1. The van der Waals surface area contributed by atoms with E-state index in [1.165, 1.54) is 0 Å². The first kappa shape index (κ1) is 10.6. The smallest absolute Gasteiger partial charge is 0.304 e. The molecule has 0 aliphatic heterocycles. The lowest BCUT2D eigenvalue weighted by Gasteiger charge is -2.11. The topological polar surface area (TPSA) is 97.5 Å². The molecule has 14 heavy (non-hydrogen) atoms. The van der Waals surface area contributed by atoms with Gasteiger partial charge in [-0.2, -0.15) is 0 Å². The van der Waals surface area contributed by atoms with Gasteiger partial charge in [-0.25, -0.2) is 0 Å². The minimum atomic E-state index is -1.07. The molecule has 6 heteroatoms. The van der Waals surface area contributed by atoms with Gasteiger partial charge in [0.1, 0.15) is 5.78 Å². The summed E-state index contributed by atoms with van der Waals surface area (Å²) in [6.45, 7) is -0.302. The van der Waals surface area contributed by atoms with Crippen molar-refractivity contribution in [1.29, 1.82) is 0 Å². The zero-order chi connectivity index (χ0) is 10.7. The van der Waals surface area contributed by atoms with Gasteiger partial charge in [0.05, 0.1) is 6.42 Å². The number of nitrogens with zero attached hydrogens (tertiary/aromatic N) is 1. The number of rotatable bonds is 4. The summed E-state index contributed by atoms with van der Waals surface area (Å²) < 4.78 is 0. The number of nitro groups is 1. The SMILES string of the molecule is O=C(O)CC1C(=O)CCC1C[N+](=O)[O-]. The molecule has 0 heterocycles. The molecule has 0 bridgehead atoms. The van der Waals surface area contributed by atoms with Gasteiger partial charge in [-0.15, -0.1) is 0 Å². The van der Waals surface area contributed by atoms with Crippen molar-refractivity contribution in [2.24, 2.45) is 11.8 Å². The number of carboxylic acid groups (broad SMARTS) is 1. The fraction of sp³-hybridized carbons (Fsp3) is 0.750. The Morgan fingerprint density at radius 1 is 1.64 bits per heavy atom. The van der Waals surface area contributed by atoms with Gasteiger partial charge < -0.3 is 5.11 Å². The molecule has 0 amide bonds. The average molecular weight is 201 g/mol. The number of carbonyl (C=O) groups excluding carboxylic acids is 1. The fourth-order valence-corrected chi connectivity index (χ4v) is 1.86. The maximum atomic E-state index is 11.2. The summed E-state index contributed by atoms with van der Waals surface area (Å²) in [7, 11) is 0. The molecular formula is C8H11NO5. The van der Waals surface area contributed by atoms with E-state index in [9.17, 15) is 19.7 Å². The monoisotopic (exact) mass is 201 g/mol. The van der Waals surface area contributed by atoms with Gasteiger partial charge in [0.15, 0.2) is 0 Å². The normalized spacial score (nSPS) is 26.4. The van der Waals surface area contributed by atoms with Gasteiger partial charge in [0.25, 0.3) is 0 Å². The molecule has 1 fully saturated rings. The van der Waals surface area contributed by atoms with Gasteiger partial charge >= 0.3 is 5.97 Å². The van der Waals surface area contributed by atoms with Crippen LogP contribution in [0.25, 0.3) is 0 Å². The van der Waals surface area contributed by atoms with E-state index < -0.39 is 22.7 Å². The molecule has 1 aliphatic rings. The second-order valence-corrected chi connectivity index (χ2v) is 3.48. The van der Waals surface area contributed by atoms with E-state index in [-0.39, 0.29) is 25.2 Å². The molecule has 1 N–H and O–H groups in total. The lowest BCUT2D eigenvalue weighted by molar-refractivity contribution is -0.489. The van der Waals surface area contributed by atoms with Crippen molar-refractivity contribution in [3.05, 3.63) is 10.1 Å². The predicted octanol–water partition coefficient (Wildman–Crippen LogP) is 0.333. The first-order chi connectivity index (χ1) is 6.50. The highest BCUT2D eigenvalue weighted by atomic mass is 16.6. The highest BCUT2D eigenvalue weighted by molar-refractivity contribution is 5.86. The van der Waals surface area contributed by atoms with Crippen LogP contribution < -0.4 is 0 Å². The summed E-state index contributed by atoms with van der Waals surface area (Å²) in [5, 5.41) is 18.8. The molecule has 0 saturated heterocycles. The van der Waals surface area contributed by atoms with Crippen LogP contribution in [0, 0.1) is 22.0 Å². The number of aliphatic carboxylic acids is 1. The average Bonchev–Trinajstić information content (AvgIpc) is 2.34. The number of hydrogen-bond donors (Lipinski definition) is 1. The summed E-state index contributed by atoms with van der Waals surface area (Å²) in [5.74, 6) is -2.27. The van der Waals surface area contributed by atoms with Crippen LogP contribution in [0.15, 0.2) is 0 Å². The molecule has 2 unspecified atom stereocenters. The molecule has 78 valence electrons. The van der Waals surface area contributed by atoms with Gasteiger partial charge in [0.2, 0.25) is 6.54 Å². The number of carboxylic acids is 1. The van der Waals surface area contributed by atoms with Crippen molar-refractivity contribution in [2.45, 2.75) is 19.3 Å². The van der Waals surface area contributed by atoms with Crippen molar-refractivity contribution >= 4 is 11.8 Å². The molecule has 2 atom stereocenters.